The number of anilines is 1. The Labute approximate surface area is 108 Å². The van der Waals surface area contributed by atoms with E-state index in [1.807, 2.05) is 13.8 Å². The van der Waals surface area contributed by atoms with Crippen LogP contribution in [0.2, 0.25) is 5.02 Å². The molecule has 0 aliphatic heterocycles. The molecule has 1 aromatic heterocycles. The van der Waals surface area contributed by atoms with Gasteiger partial charge in [0.1, 0.15) is 5.82 Å². The molecular weight excluding hydrogens is 269 g/mol. The van der Waals surface area contributed by atoms with Crippen molar-refractivity contribution in [1.82, 2.24) is 4.98 Å². The summed E-state index contributed by atoms with van der Waals surface area (Å²) in [5.74, 6) is 0.244. The van der Waals surface area contributed by atoms with Gasteiger partial charge in [-0.25, -0.2) is 4.98 Å². The van der Waals surface area contributed by atoms with Gasteiger partial charge in [-0.05, 0) is 19.9 Å². The maximum Gasteiger partial charge on any atom is 0.417 e. The minimum atomic E-state index is -4.46. The molecule has 18 heavy (non-hydrogen) atoms. The second-order valence-electron chi connectivity index (χ2n) is 4.04. The Kier molecular flexibility index (Phi) is 4.81. The topological polar surface area (TPSA) is 36.4 Å². The summed E-state index contributed by atoms with van der Waals surface area (Å²) in [7, 11) is 0. The van der Waals surface area contributed by atoms with Gasteiger partial charge in [0.15, 0.2) is 0 Å². The average molecular weight is 283 g/mol. The Morgan fingerprint density at radius 2 is 2.06 bits per heavy atom. The fourth-order valence-electron chi connectivity index (χ4n) is 1.51. The van der Waals surface area contributed by atoms with Crippen molar-refractivity contribution < 1.29 is 18.3 Å². The average Bonchev–Trinajstić information content (AvgIpc) is 2.24. The molecule has 0 aromatic carbocycles. The van der Waals surface area contributed by atoms with Gasteiger partial charge in [0.25, 0.3) is 0 Å². The zero-order valence-corrected chi connectivity index (χ0v) is 10.8. The summed E-state index contributed by atoms with van der Waals surface area (Å²) in [5.41, 5.74) is -0.885. The van der Waals surface area contributed by atoms with Gasteiger partial charge in [-0.2, -0.15) is 13.2 Å². The highest BCUT2D eigenvalue weighted by atomic mass is 35.5. The van der Waals surface area contributed by atoms with E-state index >= 15 is 0 Å². The summed E-state index contributed by atoms with van der Waals surface area (Å²) in [4.78, 5) is 5.39. The van der Waals surface area contributed by atoms with Crippen molar-refractivity contribution >= 4 is 17.4 Å². The highest BCUT2D eigenvalue weighted by molar-refractivity contribution is 6.33. The summed E-state index contributed by atoms with van der Waals surface area (Å²) in [5, 5.41) is 8.85. The molecule has 0 radical (unpaired) electrons. The van der Waals surface area contributed by atoms with E-state index < -0.39 is 11.7 Å². The summed E-state index contributed by atoms with van der Waals surface area (Å²) in [6.45, 7) is 3.81. The maximum absolute atomic E-state index is 12.5. The number of halogens is 4. The summed E-state index contributed by atoms with van der Waals surface area (Å²) < 4.78 is 37.4. The van der Waals surface area contributed by atoms with Crippen LogP contribution in [0, 0.1) is 0 Å². The lowest BCUT2D eigenvalue weighted by molar-refractivity contribution is -0.137. The second-order valence-corrected chi connectivity index (χ2v) is 4.45. The Balaban J connectivity index is 3.11. The zero-order valence-electron chi connectivity index (χ0n) is 10.00. The van der Waals surface area contributed by atoms with Crippen molar-refractivity contribution in [1.29, 1.82) is 0 Å². The molecule has 3 nitrogen and oxygen atoms in total. The van der Waals surface area contributed by atoms with E-state index in [0.717, 1.165) is 12.3 Å². The number of alkyl halides is 3. The van der Waals surface area contributed by atoms with Crippen molar-refractivity contribution in [2.75, 3.05) is 18.1 Å². The number of aliphatic hydroxyl groups is 1. The van der Waals surface area contributed by atoms with Crippen LogP contribution >= 0.6 is 11.6 Å². The second kappa shape index (κ2) is 5.75. The molecule has 0 atom stereocenters. The molecule has 0 saturated carbocycles. The van der Waals surface area contributed by atoms with Crippen LogP contribution in [0.5, 0.6) is 0 Å². The largest absolute Gasteiger partial charge is 0.417 e. The van der Waals surface area contributed by atoms with E-state index in [1.54, 1.807) is 4.90 Å². The number of aliphatic hydroxyl groups excluding tert-OH is 1. The predicted octanol–water partition coefficient (Wildman–Crippen LogP) is 2.96. The highest BCUT2D eigenvalue weighted by Gasteiger charge is 2.32. The van der Waals surface area contributed by atoms with Gasteiger partial charge < -0.3 is 10.0 Å². The number of rotatable bonds is 4. The fraction of sp³-hybridized carbons (Fsp3) is 0.545. The Bertz CT molecular complexity index is 410. The minimum Gasteiger partial charge on any atom is -0.395 e. The first kappa shape index (κ1) is 15.0. The van der Waals surface area contributed by atoms with Crippen molar-refractivity contribution in [2.45, 2.75) is 26.1 Å². The van der Waals surface area contributed by atoms with Gasteiger partial charge >= 0.3 is 6.18 Å². The van der Waals surface area contributed by atoms with E-state index in [2.05, 4.69) is 4.98 Å². The molecule has 1 N–H and O–H groups in total. The third-order valence-electron chi connectivity index (χ3n) is 2.39. The van der Waals surface area contributed by atoms with Crippen LogP contribution in [0.4, 0.5) is 19.0 Å². The quantitative estimate of drug-likeness (QED) is 0.922. The number of nitrogens with zero attached hydrogens (tertiary/aromatic N) is 2. The summed E-state index contributed by atoms with van der Waals surface area (Å²) in [6, 6.07) is 0.815. The molecule has 0 unspecified atom stereocenters. The molecule has 102 valence electrons. The standard InChI is InChI=1S/C11H14ClF3N2O/c1-7(2)17(3-4-18)10-9(12)5-8(6-16-10)11(13,14)15/h5-7,18H,3-4H2,1-2H3. The van der Waals surface area contributed by atoms with E-state index in [9.17, 15) is 13.2 Å². The SMILES string of the molecule is CC(C)N(CCO)c1ncc(C(F)(F)F)cc1Cl. The van der Waals surface area contributed by atoms with Crippen molar-refractivity contribution in [3.05, 3.63) is 22.8 Å². The molecule has 0 fully saturated rings. The molecule has 0 bridgehead atoms. The predicted molar refractivity (Wildman–Crippen MR) is 63.8 cm³/mol. The zero-order chi connectivity index (χ0) is 13.9. The third-order valence-corrected chi connectivity index (χ3v) is 2.66. The van der Waals surface area contributed by atoms with Gasteiger partial charge in [0, 0.05) is 18.8 Å². The summed E-state index contributed by atoms with van der Waals surface area (Å²) in [6.07, 6.45) is -3.72. The Hall–Kier alpha value is -1.01. The molecule has 7 heteroatoms. The Morgan fingerprint density at radius 1 is 1.44 bits per heavy atom. The lowest BCUT2D eigenvalue weighted by Crippen LogP contribution is -2.34. The first-order valence-corrected chi connectivity index (χ1v) is 5.75. The Morgan fingerprint density at radius 3 is 2.44 bits per heavy atom. The molecule has 0 aliphatic carbocycles. The number of aromatic nitrogens is 1. The number of hydrogen-bond acceptors (Lipinski definition) is 3. The molecule has 0 amide bonds. The van der Waals surface area contributed by atoms with Crippen molar-refractivity contribution in [2.24, 2.45) is 0 Å². The van der Waals surface area contributed by atoms with Gasteiger partial charge in [-0.15, -0.1) is 0 Å². The molecule has 0 saturated heterocycles. The molecule has 1 rings (SSSR count). The first-order valence-electron chi connectivity index (χ1n) is 5.37. The number of pyridine rings is 1. The molecule has 0 spiro atoms. The smallest absolute Gasteiger partial charge is 0.395 e. The highest BCUT2D eigenvalue weighted by Crippen LogP contribution is 2.33. The van der Waals surface area contributed by atoms with E-state index in [-0.39, 0.29) is 30.0 Å². The van der Waals surface area contributed by atoms with Crippen LogP contribution in [0.25, 0.3) is 0 Å². The monoisotopic (exact) mass is 282 g/mol. The van der Waals surface area contributed by atoms with E-state index in [0.29, 0.717) is 0 Å². The van der Waals surface area contributed by atoms with Gasteiger partial charge in [-0.3, -0.25) is 0 Å². The first-order chi connectivity index (χ1) is 8.27. The van der Waals surface area contributed by atoms with Gasteiger partial charge in [0.2, 0.25) is 0 Å². The summed E-state index contributed by atoms with van der Waals surface area (Å²) >= 11 is 5.82. The van der Waals surface area contributed by atoms with Crippen LogP contribution in [0.3, 0.4) is 0 Å². The van der Waals surface area contributed by atoms with Gasteiger partial charge in [0.05, 0.1) is 17.2 Å². The third kappa shape index (κ3) is 3.49. The maximum atomic E-state index is 12.5. The van der Waals surface area contributed by atoms with Crippen LogP contribution in [-0.2, 0) is 6.18 Å². The molecule has 1 aromatic rings. The number of hydrogen-bond donors (Lipinski definition) is 1. The van der Waals surface area contributed by atoms with Crippen LogP contribution in [0.1, 0.15) is 19.4 Å². The van der Waals surface area contributed by atoms with E-state index in [1.165, 1.54) is 0 Å². The van der Waals surface area contributed by atoms with Crippen molar-refractivity contribution in [3.63, 3.8) is 0 Å². The van der Waals surface area contributed by atoms with Crippen LogP contribution in [-0.4, -0.2) is 29.3 Å². The van der Waals surface area contributed by atoms with E-state index in [4.69, 9.17) is 16.7 Å². The lowest BCUT2D eigenvalue weighted by atomic mass is 10.2. The molecule has 0 aliphatic rings. The normalized spacial score (nSPS) is 12.0. The van der Waals surface area contributed by atoms with Gasteiger partial charge in [-0.1, -0.05) is 11.6 Å². The van der Waals surface area contributed by atoms with Crippen LogP contribution in [0.15, 0.2) is 12.3 Å². The van der Waals surface area contributed by atoms with Crippen LogP contribution < -0.4 is 4.90 Å². The molecule has 1 heterocycles. The lowest BCUT2D eigenvalue weighted by Gasteiger charge is -2.28. The minimum absolute atomic E-state index is 0.0288. The fourth-order valence-corrected chi connectivity index (χ4v) is 1.79. The van der Waals surface area contributed by atoms with Crippen molar-refractivity contribution in [3.8, 4) is 0 Å². The molecular formula is C11H14ClF3N2O.